The predicted molar refractivity (Wildman–Crippen MR) is 87.0 cm³/mol. The van der Waals surface area contributed by atoms with E-state index in [1.54, 1.807) is 0 Å². The number of nitrogens with two attached hydrogens (primary N) is 1. The molecule has 0 saturated carbocycles. The van der Waals surface area contributed by atoms with Crippen LogP contribution in [0.4, 0.5) is 13.2 Å². The van der Waals surface area contributed by atoms with Crippen LogP contribution in [-0.4, -0.2) is 60.1 Å². The molecule has 2 aliphatic heterocycles. The number of halogens is 4. The van der Waals surface area contributed by atoms with Crippen molar-refractivity contribution in [2.75, 3.05) is 26.2 Å². The van der Waals surface area contributed by atoms with E-state index in [-0.39, 0.29) is 30.9 Å². The molecule has 0 radical (unpaired) electrons. The normalized spacial score (nSPS) is 28.2. The number of alkyl halides is 3. The van der Waals surface area contributed by atoms with Gasteiger partial charge in [0.05, 0.1) is 6.04 Å². The van der Waals surface area contributed by atoms with Crippen LogP contribution >= 0.6 is 12.4 Å². The summed E-state index contributed by atoms with van der Waals surface area (Å²) in [5.41, 5.74) is 7.32. The van der Waals surface area contributed by atoms with Crippen LogP contribution in [0.15, 0.2) is 30.3 Å². The lowest BCUT2D eigenvalue weighted by molar-refractivity contribution is -0.159. The Morgan fingerprint density at radius 1 is 1.17 bits per heavy atom. The van der Waals surface area contributed by atoms with E-state index >= 15 is 0 Å². The molecule has 1 aromatic rings. The van der Waals surface area contributed by atoms with Gasteiger partial charge in [0.2, 0.25) is 5.91 Å². The third-order valence-corrected chi connectivity index (χ3v) is 4.70. The average Bonchev–Trinajstić information content (AvgIpc) is 3.03. The molecular formula is C16H21ClF3N3O. The lowest BCUT2D eigenvalue weighted by Gasteiger charge is -2.23. The topological polar surface area (TPSA) is 49.6 Å². The van der Waals surface area contributed by atoms with Crippen molar-refractivity contribution in [2.45, 2.75) is 30.6 Å². The molecule has 2 saturated heterocycles. The number of nitrogens with zero attached hydrogens (tertiary/aromatic N) is 2. The molecule has 24 heavy (non-hydrogen) atoms. The Labute approximate surface area is 145 Å². The fourth-order valence-electron chi connectivity index (χ4n) is 3.60. The minimum absolute atomic E-state index is 0. The van der Waals surface area contributed by atoms with Crippen molar-refractivity contribution in [3.8, 4) is 0 Å². The molecule has 0 aliphatic carbocycles. The Kier molecular flexibility index (Phi) is 5.78. The van der Waals surface area contributed by atoms with E-state index in [0.717, 1.165) is 10.5 Å². The van der Waals surface area contributed by atoms with Gasteiger partial charge in [-0.2, -0.15) is 13.2 Å². The van der Waals surface area contributed by atoms with E-state index in [1.807, 2.05) is 35.2 Å². The second-order valence-electron chi connectivity index (χ2n) is 6.31. The van der Waals surface area contributed by atoms with Crippen LogP contribution in [0.5, 0.6) is 0 Å². The van der Waals surface area contributed by atoms with Crippen LogP contribution in [0.25, 0.3) is 0 Å². The summed E-state index contributed by atoms with van der Waals surface area (Å²) < 4.78 is 37.5. The highest BCUT2D eigenvalue weighted by Crippen LogP contribution is 2.31. The first kappa shape index (κ1) is 19.0. The molecular weight excluding hydrogens is 343 g/mol. The summed E-state index contributed by atoms with van der Waals surface area (Å²) in [5, 5.41) is 0. The van der Waals surface area contributed by atoms with Crippen molar-refractivity contribution in [3.63, 3.8) is 0 Å². The molecule has 8 heteroatoms. The van der Waals surface area contributed by atoms with Gasteiger partial charge in [-0.25, -0.2) is 0 Å². The monoisotopic (exact) mass is 363 g/mol. The standard InChI is InChI=1S/C16H20F3N3O.ClH/c17-16(18,19)10-21-7-6-14(15(21)23)22-8-12(13(20)9-22)11-4-2-1-3-5-11;/h1-5,12-14H,6-10,20H2;1H/t12-,13+,14?;/m0./s1. The summed E-state index contributed by atoms with van der Waals surface area (Å²) in [6, 6.07) is 9.23. The number of likely N-dealkylation sites (tertiary alicyclic amines) is 2. The van der Waals surface area contributed by atoms with Gasteiger partial charge in [0.25, 0.3) is 0 Å². The molecule has 4 nitrogen and oxygen atoms in total. The first-order chi connectivity index (χ1) is 10.8. The molecule has 2 heterocycles. The van der Waals surface area contributed by atoms with Gasteiger partial charge < -0.3 is 10.6 Å². The van der Waals surface area contributed by atoms with E-state index < -0.39 is 24.7 Å². The minimum atomic E-state index is -4.35. The average molecular weight is 364 g/mol. The largest absolute Gasteiger partial charge is 0.406 e. The number of rotatable bonds is 3. The highest BCUT2D eigenvalue weighted by Gasteiger charge is 2.44. The summed E-state index contributed by atoms with van der Waals surface area (Å²) in [7, 11) is 0. The summed E-state index contributed by atoms with van der Waals surface area (Å²) in [4.78, 5) is 15.1. The van der Waals surface area contributed by atoms with E-state index in [4.69, 9.17) is 5.73 Å². The smallest absolute Gasteiger partial charge is 0.332 e. The summed E-state index contributed by atoms with van der Waals surface area (Å²) in [6.07, 6.45) is -3.92. The Morgan fingerprint density at radius 3 is 2.46 bits per heavy atom. The zero-order valence-corrected chi connectivity index (χ0v) is 13.9. The Hall–Kier alpha value is -1.31. The highest BCUT2D eigenvalue weighted by atomic mass is 35.5. The van der Waals surface area contributed by atoms with Crippen LogP contribution in [0.2, 0.25) is 0 Å². The third-order valence-electron chi connectivity index (χ3n) is 4.70. The van der Waals surface area contributed by atoms with Crippen molar-refractivity contribution in [1.82, 2.24) is 9.80 Å². The predicted octanol–water partition coefficient (Wildman–Crippen LogP) is 2.00. The van der Waals surface area contributed by atoms with E-state index in [9.17, 15) is 18.0 Å². The van der Waals surface area contributed by atoms with Crippen molar-refractivity contribution in [2.24, 2.45) is 5.73 Å². The number of benzene rings is 1. The van der Waals surface area contributed by atoms with Crippen molar-refractivity contribution in [1.29, 1.82) is 0 Å². The zero-order chi connectivity index (χ0) is 16.6. The maximum absolute atomic E-state index is 12.5. The molecule has 0 spiro atoms. The van der Waals surface area contributed by atoms with Crippen LogP contribution in [0.1, 0.15) is 17.9 Å². The second-order valence-corrected chi connectivity index (χ2v) is 6.31. The van der Waals surface area contributed by atoms with Crippen molar-refractivity contribution in [3.05, 3.63) is 35.9 Å². The van der Waals surface area contributed by atoms with E-state index in [1.165, 1.54) is 0 Å². The molecule has 134 valence electrons. The van der Waals surface area contributed by atoms with Gasteiger partial charge in [-0.15, -0.1) is 12.4 Å². The maximum Gasteiger partial charge on any atom is 0.406 e. The lowest BCUT2D eigenvalue weighted by atomic mass is 9.95. The number of hydrogen-bond acceptors (Lipinski definition) is 3. The Morgan fingerprint density at radius 2 is 1.83 bits per heavy atom. The van der Waals surface area contributed by atoms with Crippen LogP contribution < -0.4 is 5.73 Å². The van der Waals surface area contributed by atoms with Gasteiger partial charge in [-0.1, -0.05) is 30.3 Å². The Bertz CT molecular complexity index is 569. The molecule has 1 amide bonds. The van der Waals surface area contributed by atoms with Crippen molar-refractivity contribution < 1.29 is 18.0 Å². The molecule has 1 aromatic carbocycles. The second kappa shape index (κ2) is 7.29. The highest BCUT2D eigenvalue weighted by molar-refractivity contribution is 5.85. The first-order valence-electron chi connectivity index (χ1n) is 7.75. The number of hydrogen-bond donors (Lipinski definition) is 1. The molecule has 2 N–H and O–H groups in total. The summed E-state index contributed by atoms with van der Waals surface area (Å²) >= 11 is 0. The van der Waals surface area contributed by atoms with Gasteiger partial charge in [0, 0.05) is 31.6 Å². The lowest BCUT2D eigenvalue weighted by Crippen LogP contribution is -2.43. The van der Waals surface area contributed by atoms with Crippen LogP contribution in [0.3, 0.4) is 0 Å². The SMILES string of the molecule is Cl.N[C@@H]1CN(C2CCN(CC(F)(F)F)C2=O)C[C@H]1c1ccccc1. The molecule has 3 rings (SSSR count). The minimum Gasteiger partial charge on any atom is -0.332 e. The van der Waals surface area contributed by atoms with Gasteiger partial charge in [-0.3, -0.25) is 9.69 Å². The van der Waals surface area contributed by atoms with Crippen LogP contribution in [0, 0.1) is 0 Å². The molecule has 2 aliphatic rings. The van der Waals surface area contributed by atoms with E-state index in [0.29, 0.717) is 19.5 Å². The van der Waals surface area contributed by atoms with Crippen molar-refractivity contribution >= 4 is 18.3 Å². The fraction of sp³-hybridized carbons (Fsp3) is 0.562. The number of carbonyl (C=O) groups is 1. The third kappa shape index (κ3) is 4.02. The van der Waals surface area contributed by atoms with Crippen LogP contribution in [-0.2, 0) is 4.79 Å². The Balaban J connectivity index is 0.00000208. The molecule has 2 fully saturated rings. The molecule has 3 atom stereocenters. The first-order valence-corrected chi connectivity index (χ1v) is 7.75. The van der Waals surface area contributed by atoms with Gasteiger partial charge in [0.1, 0.15) is 6.54 Å². The zero-order valence-electron chi connectivity index (χ0n) is 13.1. The number of amides is 1. The maximum atomic E-state index is 12.5. The van der Waals surface area contributed by atoms with Gasteiger partial charge >= 0.3 is 6.18 Å². The fourth-order valence-corrected chi connectivity index (χ4v) is 3.60. The summed E-state index contributed by atoms with van der Waals surface area (Å²) in [6.45, 7) is 0.145. The number of carbonyl (C=O) groups excluding carboxylic acids is 1. The molecule has 0 aromatic heterocycles. The van der Waals surface area contributed by atoms with E-state index in [2.05, 4.69) is 0 Å². The van der Waals surface area contributed by atoms with Gasteiger partial charge in [0.15, 0.2) is 0 Å². The summed E-state index contributed by atoms with van der Waals surface area (Å²) in [5.74, 6) is -0.316. The molecule has 1 unspecified atom stereocenters. The molecule has 0 bridgehead atoms. The quantitative estimate of drug-likeness (QED) is 0.893. The van der Waals surface area contributed by atoms with Gasteiger partial charge in [-0.05, 0) is 12.0 Å².